The molecule has 4 aliphatic rings. The smallest absolute Gasteiger partial charge is 0.306 e. The van der Waals surface area contributed by atoms with Crippen LogP contribution >= 0.6 is 0 Å². The van der Waals surface area contributed by atoms with Gasteiger partial charge in [-0.3, -0.25) is 9.59 Å². The highest BCUT2D eigenvalue weighted by Crippen LogP contribution is 2.65. The maximum atomic E-state index is 12.9. The number of esters is 1. The van der Waals surface area contributed by atoms with Crippen molar-refractivity contribution >= 4 is 11.8 Å². The van der Waals surface area contributed by atoms with Crippen LogP contribution in [0.1, 0.15) is 156 Å². The van der Waals surface area contributed by atoms with E-state index in [1.165, 1.54) is 82.6 Å². The molecule has 3 saturated carbocycles. The van der Waals surface area contributed by atoms with Gasteiger partial charge >= 0.3 is 5.97 Å². The third kappa shape index (κ3) is 8.38. The third-order valence-electron chi connectivity index (χ3n) is 11.8. The van der Waals surface area contributed by atoms with Gasteiger partial charge in [0.15, 0.2) is 5.78 Å². The molecule has 3 heteroatoms. The zero-order valence-corrected chi connectivity index (χ0v) is 27.1. The van der Waals surface area contributed by atoms with Crippen LogP contribution in [-0.4, -0.2) is 17.9 Å². The van der Waals surface area contributed by atoms with Crippen LogP contribution in [0, 0.1) is 40.9 Å². The molecule has 0 spiro atoms. The molecule has 0 amide bonds. The maximum absolute atomic E-state index is 12.9. The Morgan fingerprint density at radius 1 is 0.878 bits per heavy atom. The molecule has 41 heavy (non-hydrogen) atoms. The van der Waals surface area contributed by atoms with Crippen molar-refractivity contribution in [2.45, 2.75) is 162 Å². The molecule has 3 nitrogen and oxygen atoms in total. The second-order valence-corrected chi connectivity index (χ2v) is 14.9. The Hall–Kier alpha value is -1.38. The lowest BCUT2D eigenvalue weighted by Gasteiger charge is -2.58. The van der Waals surface area contributed by atoms with Gasteiger partial charge in [-0.15, -0.1) is 0 Å². The summed E-state index contributed by atoms with van der Waals surface area (Å²) in [6.45, 7) is 9.60. The largest absolute Gasteiger partial charge is 0.462 e. The van der Waals surface area contributed by atoms with Gasteiger partial charge in [0.1, 0.15) is 6.10 Å². The summed E-state index contributed by atoms with van der Waals surface area (Å²) in [4.78, 5) is 25.1. The Balaban J connectivity index is 1.12. The predicted molar refractivity (Wildman–Crippen MR) is 171 cm³/mol. The topological polar surface area (TPSA) is 43.4 Å². The maximum Gasteiger partial charge on any atom is 0.306 e. The molecule has 3 fully saturated rings. The Morgan fingerprint density at radius 2 is 1.54 bits per heavy atom. The van der Waals surface area contributed by atoms with Crippen LogP contribution in [-0.2, 0) is 14.3 Å². The van der Waals surface area contributed by atoms with Crippen LogP contribution in [0.4, 0.5) is 0 Å². The minimum absolute atomic E-state index is 0.0389. The fraction of sp³-hybridized carbons (Fsp3) is 0.842. The van der Waals surface area contributed by atoms with Gasteiger partial charge in [-0.1, -0.05) is 96.8 Å². The summed E-state index contributed by atoms with van der Waals surface area (Å²) in [6, 6.07) is 0. The van der Waals surface area contributed by atoms with E-state index in [4.69, 9.17) is 4.74 Å². The number of rotatable bonds is 16. The zero-order chi connectivity index (χ0) is 29.2. The van der Waals surface area contributed by atoms with Gasteiger partial charge in [0.2, 0.25) is 0 Å². The number of ether oxygens (including phenoxy) is 1. The van der Waals surface area contributed by atoms with E-state index in [1.807, 2.05) is 6.08 Å². The van der Waals surface area contributed by atoms with Crippen LogP contribution in [0.25, 0.3) is 0 Å². The first kappa shape index (κ1) is 32.5. The predicted octanol–water partition coefficient (Wildman–Crippen LogP) is 10.6. The number of fused-ring (bicyclic) bond motifs is 5. The lowest BCUT2D eigenvalue weighted by molar-refractivity contribution is -0.162. The molecule has 0 bridgehead atoms. The van der Waals surface area contributed by atoms with Crippen molar-refractivity contribution in [1.29, 1.82) is 0 Å². The Morgan fingerprint density at radius 3 is 2.24 bits per heavy atom. The molecule has 0 radical (unpaired) electrons. The molecule has 0 saturated heterocycles. The van der Waals surface area contributed by atoms with Gasteiger partial charge in [-0.2, -0.15) is 0 Å². The van der Waals surface area contributed by atoms with E-state index < -0.39 is 0 Å². The highest BCUT2D eigenvalue weighted by molar-refractivity contribution is 5.91. The molecule has 232 valence electrons. The zero-order valence-electron chi connectivity index (χ0n) is 27.1. The highest BCUT2D eigenvalue weighted by atomic mass is 16.5. The highest BCUT2D eigenvalue weighted by Gasteiger charge is 2.60. The minimum Gasteiger partial charge on any atom is -0.462 e. The number of allylic oxidation sites excluding steroid dienone is 3. The summed E-state index contributed by atoms with van der Waals surface area (Å²) in [5, 5.41) is 0. The standard InChI is InChI=1S/C38H62O3/c1-5-6-7-8-9-10-11-12-13-14-15-16-17-18-19-20-35(40)41-34-24-23-33-37-28(2)25-30-26-31(39)21-22-32(30)36(37)29(3)27-38(33,34)4/h12-13,26,28-29,32-34,36-37H,5-11,14-25,27H2,1-4H3/b13-12-/t28-,29-,32?,33?,34-,36?,37?,38-/m0/s1. The molecule has 0 heterocycles. The lowest BCUT2D eigenvalue weighted by atomic mass is 9.47. The number of carbonyl (C=O) groups excluding carboxylic acids is 2. The van der Waals surface area contributed by atoms with Gasteiger partial charge in [-0.05, 0) is 106 Å². The molecule has 0 aromatic carbocycles. The first-order valence-corrected chi connectivity index (χ1v) is 17.9. The van der Waals surface area contributed by atoms with Crippen molar-refractivity contribution in [3.05, 3.63) is 23.8 Å². The summed E-state index contributed by atoms with van der Waals surface area (Å²) >= 11 is 0. The molecule has 0 aromatic heterocycles. The third-order valence-corrected chi connectivity index (χ3v) is 11.8. The summed E-state index contributed by atoms with van der Waals surface area (Å²) in [7, 11) is 0. The molecular formula is C38H62O3. The normalized spacial score (nSPS) is 34.7. The molecule has 0 N–H and O–H groups in total. The van der Waals surface area contributed by atoms with E-state index in [1.54, 1.807) is 0 Å². The van der Waals surface area contributed by atoms with Crippen LogP contribution in [0.2, 0.25) is 0 Å². The Labute approximate surface area is 252 Å². The molecule has 0 aromatic rings. The molecule has 4 unspecified atom stereocenters. The fourth-order valence-electron chi connectivity index (χ4n) is 9.84. The van der Waals surface area contributed by atoms with Gasteiger partial charge in [-0.25, -0.2) is 0 Å². The van der Waals surface area contributed by atoms with Gasteiger partial charge in [0.25, 0.3) is 0 Å². The average Bonchev–Trinajstić information content (AvgIpc) is 3.25. The second-order valence-electron chi connectivity index (χ2n) is 14.9. The summed E-state index contributed by atoms with van der Waals surface area (Å²) in [6.07, 6.45) is 30.3. The fourth-order valence-corrected chi connectivity index (χ4v) is 9.84. The molecule has 0 aliphatic heterocycles. The monoisotopic (exact) mass is 566 g/mol. The van der Waals surface area contributed by atoms with E-state index in [0.717, 1.165) is 44.9 Å². The van der Waals surface area contributed by atoms with Crippen molar-refractivity contribution in [3.63, 3.8) is 0 Å². The van der Waals surface area contributed by atoms with Crippen molar-refractivity contribution in [1.82, 2.24) is 0 Å². The molecule has 4 rings (SSSR count). The number of hydrogen-bond acceptors (Lipinski definition) is 3. The van der Waals surface area contributed by atoms with Crippen LogP contribution < -0.4 is 0 Å². The minimum atomic E-state index is 0.0389. The van der Waals surface area contributed by atoms with Crippen LogP contribution in [0.3, 0.4) is 0 Å². The van der Waals surface area contributed by atoms with Crippen molar-refractivity contribution < 1.29 is 14.3 Å². The number of carbonyl (C=O) groups is 2. The van der Waals surface area contributed by atoms with E-state index >= 15 is 0 Å². The van der Waals surface area contributed by atoms with Gasteiger partial charge in [0, 0.05) is 18.3 Å². The number of unbranched alkanes of at least 4 members (excludes halogenated alkanes) is 11. The van der Waals surface area contributed by atoms with E-state index in [0.29, 0.717) is 47.7 Å². The number of hydrogen-bond donors (Lipinski definition) is 0. The van der Waals surface area contributed by atoms with Crippen molar-refractivity contribution in [2.24, 2.45) is 40.9 Å². The first-order valence-electron chi connectivity index (χ1n) is 17.9. The lowest BCUT2D eigenvalue weighted by Crippen LogP contribution is -2.54. The molecular weight excluding hydrogens is 504 g/mol. The van der Waals surface area contributed by atoms with Gasteiger partial charge < -0.3 is 4.74 Å². The van der Waals surface area contributed by atoms with Gasteiger partial charge in [0.05, 0.1) is 0 Å². The van der Waals surface area contributed by atoms with Crippen LogP contribution in [0.5, 0.6) is 0 Å². The average molecular weight is 567 g/mol. The Kier molecular flexibility index (Phi) is 12.6. The van der Waals surface area contributed by atoms with Crippen molar-refractivity contribution in [2.75, 3.05) is 0 Å². The summed E-state index contributed by atoms with van der Waals surface area (Å²) in [5.74, 6) is 4.27. The van der Waals surface area contributed by atoms with Crippen LogP contribution in [0.15, 0.2) is 23.8 Å². The summed E-state index contributed by atoms with van der Waals surface area (Å²) < 4.78 is 6.28. The van der Waals surface area contributed by atoms with Crippen molar-refractivity contribution in [3.8, 4) is 0 Å². The van der Waals surface area contributed by atoms with E-state index in [2.05, 4.69) is 39.8 Å². The number of ketones is 1. The molecule has 8 atom stereocenters. The van der Waals surface area contributed by atoms with E-state index in [9.17, 15) is 9.59 Å². The second kappa shape index (κ2) is 15.9. The first-order chi connectivity index (χ1) is 19.8. The quantitative estimate of drug-likeness (QED) is 0.106. The molecule has 4 aliphatic carbocycles. The summed E-state index contributed by atoms with van der Waals surface area (Å²) in [5.41, 5.74) is 1.56. The Bertz CT molecular complexity index is 901. The SMILES string of the molecule is CCCCCCCC/C=C\CCCCCCCC(=O)O[C@H]1CCC2C3C(C4CCC(=O)C=C4C[C@@H]3C)[C@@H](C)C[C@@]21C. The van der Waals surface area contributed by atoms with E-state index in [-0.39, 0.29) is 17.5 Å².